The van der Waals surface area contributed by atoms with Crippen molar-refractivity contribution in [1.29, 1.82) is 0 Å². The Balaban J connectivity index is 2.86. The number of rotatable bonds is 15. The minimum Gasteiger partial charge on any atom is -0.204 e. The van der Waals surface area contributed by atoms with E-state index in [1.807, 2.05) is 0 Å². The van der Waals surface area contributed by atoms with Crippen molar-refractivity contribution >= 4 is 0 Å². The second-order valence-corrected chi connectivity index (χ2v) is 5.42. The molecule has 0 fully saturated rings. The highest BCUT2D eigenvalue weighted by Crippen LogP contribution is 2.12. The summed E-state index contributed by atoms with van der Waals surface area (Å²) in [7, 11) is 0. The van der Waals surface area contributed by atoms with Crippen LogP contribution in [0, 0.1) is 0 Å². The van der Waals surface area contributed by atoms with Gasteiger partial charge in [0.25, 0.3) is 0 Å². The molecule has 0 unspecified atom stereocenters. The molecule has 0 bridgehead atoms. The Morgan fingerprint density at radius 1 is 0.556 bits per heavy atom. The first-order chi connectivity index (χ1) is 8.91. The Kier molecular flexibility index (Phi) is 16.8. The molecule has 0 aromatic carbocycles. The summed E-state index contributed by atoms with van der Waals surface area (Å²) < 4.78 is 0. The molecule has 0 aliphatic heterocycles. The van der Waals surface area contributed by atoms with Crippen LogP contribution in [0.2, 0.25) is 0 Å². The fraction of sp³-hybridized carbons (Fsp3) is 1.00. The van der Waals surface area contributed by atoms with Crippen molar-refractivity contribution in [2.24, 2.45) is 0 Å². The van der Waals surface area contributed by atoms with Gasteiger partial charge in [0.05, 0.1) is 6.61 Å². The van der Waals surface area contributed by atoms with E-state index in [2.05, 4.69) is 11.8 Å². The molecule has 0 saturated heterocycles. The van der Waals surface area contributed by atoms with Gasteiger partial charge in [0.1, 0.15) is 0 Å². The van der Waals surface area contributed by atoms with Gasteiger partial charge < -0.3 is 0 Å². The van der Waals surface area contributed by atoms with E-state index in [0.717, 1.165) is 12.8 Å². The van der Waals surface area contributed by atoms with Crippen LogP contribution in [0.1, 0.15) is 96.8 Å². The standard InChI is InChI=1S/C16H33O2/c1-2-3-4-5-6-7-8-9-10-11-12-13-14-15-16-18-17/h2-16H2,1H3. The molecule has 0 amide bonds. The van der Waals surface area contributed by atoms with Gasteiger partial charge in [-0.25, -0.2) is 4.89 Å². The van der Waals surface area contributed by atoms with Crippen molar-refractivity contribution in [3.8, 4) is 0 Å². The number of hydrogen-bond donors (Lipinski definition) is 0. The van der Waals surface area contributed by atoms with Gasteiger partial charge in [0.15, 0.2) is 0 Å². The SMILES string of the molecule is CCCCCCCCCCCCCCCCO[O]. The molecule has 0 aliphatic rings. The third kappa shape index (κ3) is 15.9. The van der Waals surface area contributed by atoms with Gasteiger partial charge >= 0.3 is 0 Å². The summed E-state index contributed by atoms with van der Waals surface area (Å²) in [4.78, 5) is 3.80. The lowest BCUT2D eigenvalue weighted by Gasteiger charge is -2.02. The average molecular weight is 257 g/mol. The molecule has 0 atom stereocenters. The molecule has 0 N–H and O–H groups in total. The first-order valence-corrected chi connectivity index (χ1v) is 8.16. The van der Waals surface area contributed by atoms with E-state index >= 15 is 0 Å². The Bertz CT molecular complexity index is 121. The fourth-order valence-electron chi connectivity index (χ4n) is 2.36. The molecule has 2 nitrogen and oxygen atoms in total. The van der Waals surface area contributed by atoms with Gasteiger partial charge in [-0.1, -0.05) is 90.4 Å². The molecule has 0 rings (SSSR count). The molecule has 0 aliphatic carbocycles. The van der Waals surface area contributed by atoms with E-state index < -0.39 is 0 Å². The van der Waals surface area contributed by atoms with Gasteiger partial charge in [-0.05, 0) is 11.7 Å². The van der Waals surface area contributed by atoms with Crippen LogP contribution >= 0.6 is 0 Å². The first-order valence-electron chi connectivity index (χ1n) is 8.16. The zero-order valence-electron chi connectivity index (χ0n) is 12.4. The second-order valence-electron chi connectivity index (χ2n) is 5.42. The summed E-state index contributed by atoms with van der Waals surface area (Å²) in [6.45, 7) is 2.66. The Morgan fingerprint density at radius 3 is 1.22 bits per heavy atom. The normalized spacial score (nSPS) is 11.0. The van der Waals surface area contributed by atoms with Gasteiger partial charge in [0.2, 0.25) is 0 Å². The lowest BCUT2D eigenvalue weighted by Crippen LogP contribution is -1.88. The Labute approximate surface area is 114 Å². The molecular weight excluding hydrogens is 224 g/mol. The highest BCUT2D eigenvalue weighted by molar-refractivity contribution is 4.49. The summed E-state index contributed by atoms with van der Waals surface area (Å²) in [5.74, 6) is 0. The quantitative estimate of drug-likeness (QED) is 0.206. The third-order valence-electron chi connectivity index (χ3n) is 3.58. The smallest absolute Gasteiger partial charge is 0.0854 e. The van der Waals surface area contributed by atoms with Crippen molar-refractivity contribution in [2.45, 2.75) is 96.8 Å². The maximum atomic E-state index is 9.75. The van der Waals surface area contributed by atoms with E-state index in [1.165, 1.54) is 77.0 Å². The monoisotopic (exact) mass is 257 g/mol. The second kappa shape index (κ2) is 16.9. The lowest BCUT2D eigenvalue weighted by molar-refractivity contribution is -0.303. The Hall–Kier alpha value is -0.0800. The number of unbranched alkanes of at least 4 members (excludes halogenated alkanes) is 13. The van der Waals surface area contributed by atoms with Gasteiger partial charge in [0, 0.05) is 0 Å². The predicted molar refractivity (Wildman–Crippen MR) is 77.0 cm³/mol. The highest BCUT2D eigenvalue weighted by atomic mass is 17.1. The summed E-state index contributed by atoms with van der Waals surface area (Å²) in [5.41, 5.74) is 0. The minimum absolute atomic E-state index is 0.387. The van der Waals surface area contributed by atoms with Crippen LogP contribution in [0.25, 0.3) is 0 Å². The van der Waals surface area contributed by atoms with Gasteiger partial charge in [-0.2, -0.15) is 0 Å². The van der Waals surface area contributed by atoms with Gasteiger partial charge in [-0.3, -0.25) is 0 Å². The zero-order valence-corrected chi connectivity index (χ0v) is 12.4. The molecule has 2 heteroatoms. The van der Waals surface area contributed by atoms with Crippen LogP contribution in [0.15, 0.2) is 0 Å². The van der Waals surface area contributed by atoms with E-state index in [0.29, 0.717) is 6.61 Å². The van der Waals surface area contributed by atoms with Crippen LogP contribution in [-0.2, 0) is 10.1 Å². The van der Waals surface area contributed by atoms with Gasteiger partial charge in [-0.15, -0.1) is 0 Å². The summed E-state index contributed by atoms with van der Waals surface area (Å²) in [5, 5.41) is 9.75. The van der Waals surface area contributed by atoms with E-state index in [1.54, 1.807) is 0 Å². The number of hydrogen-bond acceptors (Lipinski definition) is 1. The van der Waals surface area contributed by atoms with Crippen LogP contribution in [0.4, 0.5) is 0 Å². The Morgan fingerprint density at radius 2 is 0.889 bits per heavy atom. The maximum absolute atomic E-state index is 9.75. The molecule has 0 aromatic heterocycles. The van der Waals surface area contributed by atoms with Crippen molar-refractivity contribution in [3.05, 3.63) is 0 Å². The third-order valence-corrected chi connectivity index (χ3v) is 3.58. The average Bonchev–Trinajstić information content (AvgIpc) is 2.39. The largest absolute Gasteiger partial charge is 0.204 e. The van der Waals surface area contributed by atoms with Crippen LogP contribution < -0.4 is 0 Å². The topological polar surface area (TPSA) is 29.1 Å². The fourth-order valence-corrected chi connectivity index (χ4v) is 2.36. The molecule has 1 radical (unpaired) electrons. The lowest BCUT2D eigenvalue weighted by atomic mass is 10.0. The first kappa shape index (κ1) is 17.9. The van der Waals surface area contributed by atoms with Crippen LogP contribution in [-0.4, -0.2) is 6.61 Å². The molecule has 0 aromatic rings. The summed E-state index contributed by atoms with van der Waals surface area (Å²) >= 11 is 0. The van der Waals surface area contributed by atoms with Crippen molar-refractivity contribution in [1.82, 2.24) is 0 Å². The van der Waals surface area contributed by atoms with Crippen LogP contribution in [0.3, 0.4) is 0 Å². The van der Waals surface area contributed by atoms with Crippen molar-refractivity contribution < 1.29 is 10.1 Å². The van der Waals surface area contributed by atoms with E-state index in [9.17, 15) is 5.26 Å². The van der Waals surface area contributed by atoms with Crippen molar-refractivity contribution in [2.75, 3.05) is 6.61 Å². The van der Waals surface area contributed by atoms with E-state index in [-0.39, 0.29) is 0 Å². The molecule has 0 spiro atoms. The molecule has 0 saturated carbocycles. The zero-order chi connectivity index (χ0) is 13.3. The maximum Gasteiger partial charge on any atom is 0.0854 e. The molecule has 18 heavy (non-hydrogen) atoms. The molecule has 0 heterocycles. The minimum atomic E-state index is 0.387. The van der Waals surface area contributed by atoms with Crippen molar-refractivity contribution in [3.63, 3.8) is 0 Å². The molecule has 109 valence electrons. The highest BCUT2D eigenvalue weighted by Gasteiger charge is 1.94. The predicted octanol–water partition coefficient (Wildman–Crippen LogP) is 5.83. The van der Waals surface area contributed by atoms with E-state index in [4.69, 9.17) is 0 Å². The summed E-state index contributed by atoms with van der Waals surface area (Å²) in [6, 6.07) is 0. The van der Waals surface area contributed by atoms with Crippen LogP contribution in [0.5, 0.6) is 0 Å². The summed E-state index contributed by atoms with van der Waals surface area (Å²) in [6.07, 6.45) is 18.8. The molecular formula is C16H33O2.